The number of hydrogen-bond acceptors (Lipinski definition) is 6. The third-order valence-electron chi connectivity index (χ3n) is 8.44. The lowest BCUT2D eigenvalue weighted by atomic mass is 9.82. The molecule has 2 N–H and O–H groups in total. The van der Waals surface area contributed by atoms with E-state index >= 15 is 4.39 Å². The average Bonchev–Trinajstić information content (AvgIpc) is 3.01. The number of hydrogen-bond donors (Lipinski definition) is 2. The maximum Gasteiger partial charge on any atom is 0.401 e. The van der Waals surface area contributed by atoms with Crippen LogP contribution in [0.2, 0.25) is 0 Å². The summed E-state index contributed by atoms with van der Waals surface area (Å²) in [6.07, 6.45) is -0.449. The van der Waals surface area contributed by atoms with Crippen molar-refractivity contribution in [1.82, 2.24) is 15.1 Å². The Morgan fingerprint density at radius 2 is 1.94 bits per heavy atom. The van der Waals surface area contributed by atoms with Crippen molar-refractivity contribution < 1.29 is 45.4 Å². The lowest BCUT2D eigenvalue weighted by molar-refractivity contribution is -0.142. The number of nitrogens with zero attached hydrogens (tertiary/aromatic N) is 1. The number of alkyl halides is 3. The zero-order chi connectivity index (χ0) is 35.2. The molecule has 0 spiro atoms. The Balaban J connectivity index is 1.48. The molecule has 48 heavy (non-hydrogen) atoms. The van der Waals surface area contributed by atoms with Crippen LogP contribution >= 0.6 is 0 Å². The number of benzene rings is 2. The Morgan fingerprint density at radius 3 is 2.60 bits per heavy atom. The smallest absolute Gasteiger partial charge is 0.401 e. The number of rotatable bonds is 12. The monoisotopic (exact) mass is 678 g/mol. The summed E-state index contributed by atoms with van der Waals surface area (Å²) in [6, 6.07) is 7.84. The van der Waals surface area contributed by atoms with Gasteiger partial charge in [-0.05, 0) is 55.7 Å². The molecule has 2 aliphatic heterocycles. The summed E-state index contributed by atoms with van der Waals surface area (Å²) >= 11 is 0. The van der Waals surface area contributed by atoms with Crippen LogP contribution < -0.4 is 15.1 Å². The summed E-state index contributed by atoms with van der Waals surface area (Å²) in [6.45, 7) is 7.62. The van der Waals surface area contributed by atoms with Crippen molar-refractivity contribution >= 4 is 23.3 Å². The predicted octanol–water partition coefficient (Wildman–Crippen LogP) is 6.73. The molecule has 4 rings (SSSR count). The van der Waals surface area contributed by atoms with Gasteiger partial charge in [-0.1, -0.05) is 25.3 Å². The second kappa shape index (κ2) is 15.5. The molecule has 2 aromatic rings. The second-order valence-corrected chi connectivity index (χ2v) is 11.8. The highest BCUT2D eigenvalue weighted by atomic mass is 19.4. The van der Waals surface area contributed by atoms with Crippen LogP contribution in [-0.4, -0.2) is 63.5 Å². The zero-order valence-corrected chi connectivity index (χ0v) is 26.6. The van der Waals surface area contributed by atoms with Crippen LogP contribution in [0, 0.1) is 11.6 Å². The molecular formula is C35H38F6N3O4+. The standard InChI is InChI=1S/C35H38F6N3O4/c1-5-7-23(36)14-21(2)28-16-33(45)44(4,32-15-24(37)10-12-26(28)32)31-9-6-8-29(38)27(31)13-11-25-17-43-30(19-47-25)22(3)48-34(46)18-42-20-35(39,40)41/h5-10,12,14-15,25,28,30,42-43H,2-3,11,13,16-20H2,1,4H3/q+1. The number of nitrogens with one attached hydrogen (secondary N) is 2. The Morgan fingerprint density at radius 1 is 1.19 bits per heavy atom. The van der Waals surface area contributed by atoms with Crippen molar-refractivity contribution in [1.29, 1.82) is 0 Å². The quantitative estimate of drug-likeness (QED) is 0.0853. The summed E-state index contributed by atoms with van der Waals surface area (Å²) in [5.74, 6) is -3.61. The zero-order valence-electron chi connectivity index (χ0n) is 26.6. The number of quaternary nitrogens is 1. The van der Waals surface area contributed by atoms with Crippen LogP contribution in [0.5, 0.6) is 0 Å². The maximum atomic E-state index is 15.5. The Kier molecular flexibility index (Phi) is 11.8. The van der Waals surface area contributed by atoms with E-state index in [1.54, 1.807) is 26.1 Å². The third-order valence-corrected chi connectivity index (χ3v) is 8.44. The second-order valence-electron chi connectivity index (χ2n) is 11.8. The van der Waals surface area contributed by atoms with Crippen LogP contribution in [0.4, 0.5) is 37.7 Å². The van der Waals surface area contributed by atoms with Crippen LogP contribution in [-0.2, 0) is 25.5 Å². The number of allylic oxidation sites excluding steroid dienone is 5. The Hall–Kier alpha value is -4.04. The normalized spacial score (nSPS) is 23.2. The van der Waals surface area contributed by atoms with E-state index in [1.807, 2.05) is 5.32 Å². The van der Waals surface area contributed by atoms with Crippen molar-refractivity contribution in [3.63, 3.8) is 0 Å². The molecule has 4 unspecified atom stereocenters. The van der Waals surface area contributed by atoms with Crippen molar-refractivity contribution in [3.05, 3.63) is 108 Å². The van der Waals surface area contributed by atoms with Gasteiger partial charge in [0.1, 0.15) is 23.2 Å². The topological polar surface area (TPSA) is 76.7 Å². The van der Waals surface area contributed by atoms with E-state index in [0.717, 1.165) is 0 Å². The molecule has 13 heteroatoms. The van der Waals surface area contributed by atoms with Gasteiger partial charge in [0, 0.05) is 35.7 Å². The molecular weight excluding hydrogens is 640 g/mol. The van der Waals surface area contributed by atoms with Gasteiger partial charge >= 0.3 is 18.1 Å². The number of fused-ring (bicyclic) bond motifs is 1. The third kappa shape index (κ3) is 8.70. The van der Waals surface area contributed by atoms with Gasteiger partial charge in [-0.15, -0.1) is 0 Å². The van der Waals surface area contributed by atoms with Gasteiger partial charge in [0.2, 0.25) is 0 Å². The van der Waals surface area contributed by atoms with Gasteiger partial charge < -0.3 is 14.8 Å². The molecule has 0 radical (unpaired) electrons. The van der Waals surface area contributed by atoms with E-state index in [1.165, 1.54) is 42.5 Å². The summed E-state index contributed by atoms with van der Waals surface area (Å²) < 4.78 is 91.9. The van der Waals surface area contributed by atoms with Crippen LogP contribution in [0.1, 0.15) is 36.8 Å². The van der Waals surface area contributed by atoms with E-state index < -0.39 is 65.2 Å². The fourth-order valence-corrected chi connectivity index (χ4v) is 5.98. The molecule has 1 amide bonds. The fraction of sp³-hybridized carbons (Fsp3) is 0.371. The Labute approximate surface area is 275 Å². The molecule has 0 saturated carbocycles. The SMILES string of the molecule is C=C(OC(=O)CNCC(F)(F)F)C1COC(CCc2c(F)cccc2[N+]2(C)C(=O)CC(C(=C)C=C(F)C=CC)c3ccc(F)cc32)CN1. The maximum absolute atomic E-state index is 15.5. The van der Waals surface area contributed by atoms with Crippen molar-refractivity contribution in [2.75, 3.05) is 33.3 Å². The first kappa shape index (κ1) is 36.8. The molecule has 2 aliphatic rings. The number of carbonyl (C=O) groups is 2. The number of carbonyl (C=O) groups excluding carboxylic acids is 2. The van der Waals surface area contributed by atoms with Gasteiger partial charge in [0.15, 0.2) is 11.4 Å². The highest BCUT2D eigenvalue weighted by Gasteiger charge is 2.48. The fourth-order valence-electron chi connectivity index (χ4n) is 5.98. The van der Waals surface area contributed by atoms with Crippen molar-refractivity contribution in [2.24, 2.45) is 0 Å². The molecule has 4 atom stereocenters. The van der Waals surface area contributed by atoms with E-state index in [4.69, 9.17) is 9.47 Å². The molecule has 1 saturated heterocycles. The van der Waals surface area contributed by atoms with Crippen molar-refractivity contribution in [3.8, 4) is 0 Å². The number of ether oxygens (including phenoxy) is 2. The van der Waals surface area contributed by atoms with Crippen LogP contribution in [0.3, 0.4) is 0 Å². The molecule has 2 heterocycles. The lowest BCUT2D eigenvalue weighted by Crippen LogP contribution is -2.50. The number of amides is 1. The number of halogens is 6. The summed E-state index contributed by atoms with van der Waals surface area (Å²) in [4.78, 5) is 25.9. The molecule has 258 valence electrons. The van der Waals surface area contributed by atoms with Crippen molar-refractivity contribution in [2.45, 2.75) is 50.4 Å². The predicted molar refractivity (Wildman–Crippen MR) is 170 cm³/mol. The van der Waals surface area contributed by atoms with Crippen LogP contribution in [0.25, 0.3) is 0 Å². The molecule has 1 fully saturated rings. The minimum atomic E-state index is -4.47. The Bertz CT molecular complexity index is 1610. The first-order valence-corrected chi connectivity index (χ1v) is 15.3. The highest BCUT2D eigenvalue weighted by Crippen LogP contribution is 2.49. The highest BCUT2D eigenvalue weighted by molar-refractivity contribution is 5.99. The van der Waals surface area contributed by atoms with E-state index in [-0.39, 0.29) is 43.2 Å². The largest absolute Gasteiger partial charge is 0.429 e. The summed E-state index contributed by atoms with van der Waals surface area (Å²) in [7, 11) is 1.59. The molecule has 0 aliphatic carbocycles. The average molecular weight is 679 g/mol. The minimum Gasteiger partial charge on any atom is -0.429 e. The van der Waals surface area contributed by atoms with Crippen LogP contribution in [0.15, 0.2) is 84.9 Å². The lowest BCUT2D eigenvalue weighted by Gasteiger charge is -2.40. The van der Waals surface area contributed by atoms with Gasteiger partial charge in [-0.25, -0.2) is 18.0 Å². The summed E-state index contributed by atoms with van der Waals surface area (Å²) in [5, 5.41) is 5.07. The van der Waals surface area contributed by atoms with Gasteiger partial charge in [-0.3, -0.25) is 10.1 Å². The minimum absolute atomic E-state index is 0.0170. The number of morpholine rings is 1. The van der Waals surface area contributed by atoms with Gasteiger partial charge in [-0.2, -0.15) is 17.7 Å². The molecule has 0 bridgehead atoms. The van der Waals surface area contributed by atoms with Gasteiger partial charge in [0.05, 0.1) is 45.3 Å². The van der Waals surface area contributed by atoms with E-state index in [2.05, 4.69) is 18.5 Å². The summed E-state index contributed by atoms with van der Waals surface area (Å²) in [5.41, 5.74) is 1.78. The number of esters is 1. The first-order chi connectivity index (χ1) is 22.6. The molecule has 7 nitrogen and oxygen atoms in total. The van der Waals surface area contributed by atoms with E-state index in [0.29, 0.717) is 28.9 Å². The van der Waals surface area contributed by atoms with Gasteiger partial charge in [0.25, 0.3) is 0 Å². The first-order valence-electron chi connectivity index (χ1n) is 15.3. The van der Waals surface area contributed by atoms with E-state index in [9.17, 15) is 31.5 Å². The molecule has 0 aromatic heterocycles. The molecule has 2 aromatic carbocycles.